The van der Waals surface area contributed by atoms with Crippen LogP contribution in [0.3, 0.4) is 0 Å². The fraction of sp³-hybridized carbons (Fsp3) is 0.800. The lowest BCUT2D eigenvalue weighted by atomic mass is 10.6. The van der Waals surface area contributed by atoms with Crippen LogP contribution in [0.4, 0.5) is 0 Å². The topological polar surface area (TPSA) is 17.1 Å². The molecule has 0 aliphatic carbocycles. The number of hydrogen-bond donors (Lipinski definition) is 0. The molecule has 1 rings (SSSR count). The summed E-state index contributed by atoms with van der Waals surface area (Å²) in [6.07, 6.45) is 0.988. The molecule has 4 heteroatoms. The van der Waals surface area contributed by atoms with Crippen molar-refractivity contribution in [1.82, 2.24) is 0 Å². The van der Waals surface area contributed by atoms with Crippen molar-refractivity contribution in [1.29, 1.82) is 0 Å². The summed E-state index contributed by atoms with van der Waals surface area (Å²) in [6, 6.07) is 0. The molecule has 2 unspecified atom stereocenters. The molecule has 1 nitrogen and oxygen atoms in total. The van der Waals surface area contributed by atoms with Gasteiger partial charge in [-0.2, -0.15) is 0 Å². The van der Waals surface area contributed by atoms with E-state index in [9.17, 15) is 4.79 Å². The Labute approximate surface area is 67.9 Å². The van der Waals surface area contributed by atoms with Gasteiger partial charge in [-0.15, -0.1) is 35.1 Å². The van der Waals surface area contributed by atoms with Gasteiger partial charge in [0.25, 0.3) is 0 Å². The van der Waals surface area contributed by atoms with Gasteiger partial charge in [-0.25, -0.2) is 0 Å². The number of carbonyl (C=O) groups excluding carboxylic acids is 1. The molecule has 0 amide bonds. The zero-order valence-electron chi connectivity index (χ0n) is 4.75. The minimum absolute atomic E-state index is 0.147. The molecule has 0 bridgehead atoms. The Balaban J connectivity index is 2.28. The predicted molar refractivity (Wildman–Crippen MR) is 44.4 cm³/mol. The van der Waals surface area contributed by atoms with Crippen molar-refractivity contribution in [2.45, 2.75) is 9.83 Å². The summed E-state index contributed by atoms with van der Waals surface area (Å²) in [5.41, 5.74) is 0. The normalized spacial score (nSPS) is 34.8. The van der Waals surface area contributed by atoms with Crippen LogP contribution in [0.15, 0.2) is 0 Å². The van der Waals surface area contributed by atoms with E-state index in [4.69, 9.17) is 11.6 Å². The van der Waals surface area contributed by atoms with E-state index in [0.717, 1.165) is 12.0 Å². The van der Waals surface area contributed by atoms with Gasteiger partial charge in [0.15, 0.2) is 0 Å². The van der Waals surface area contributed by atoms with Crippen LogP contribution in [0, 0.1) is 0 Å². The Morgan fingerprint density at radius 1 is 1.78 bits per heavy atom. The third kappa shape index (κ3) is 2.06. The monoisotopic (exact) mass is 182 g/mol. The average molecular weight is 183 g/mol. The Hall–Kier alpha value is 0.660. The molecule has 0 radical (unpaired) electrons. The van der Waals surface area contributed by atoms with Crippen LogP contribution < -0.4 is 0 Å². The molecule has 1 fully saturated rings. The molecular formula is C5H7ClOS2. The van der Waals surface area contributed by atoms with E-state index in [1.807, 2.05) is 0 Å². The number of alkyl halides is 1. The van der Waals surface area contributed by atoms with Crippen LogP contribution in [-0.4, -0.2) is 27.8 Å². The van der Waals surface area contributed by atoms with Gasteiger partial charge in [-0.05, 0) is 0 Å². The van der Waals surface area contributed by atoms with Crippen molar-refractivity contribution in [2.24, 2.45) is 0 Å². The number of hydrogen-bond acceptors (Lipinski definition) is 3. The van der Waals surface area contributed by atoms with Gasteiger partial charge in [-0.1, -0.05) is 0 Å². The smallest absolute Gasteiger partial charge is 0.142 e. The van der Waals surface area contributed by atoms with Crippen LogP contribution in [-0.2, 0) is 4.79 Å². The van der Waals surface area contributed by atoms with Gasteiger partial charge in [0, 0.05) is 16.9 Å². The Morgan fingerprint density at radius 3 is 2.89 bits per heavy atom. The van der Waals surface area contributed by atoms with E-state index in [0.29, 0.717) is 11.1 Å². The third-order valence-electron chi connectivity index (χ3n) is 1.06. The second-order valence-corrected chi connectivity index (χ2v) is 4.98. The summed E-state index contributed by atoms with van der Waals surface area (Å²) in [7, 11) is 0. The largest absolute Gasteiger partial charge is 0.301 e. The van der Waals surface area contributed by atoms with Crippen molar-refractivity contribution in [3.8, 4) is 0 Å². The Morgan fingerprint density at radius 2 is 2.56 bits per heavy atom. The molecule has 52 valence electrons. The molecule has 0 aromatic carbocycles. The SMILES string of the molecule is O=CC1SCC(CCl)S1. The van der Waals surface area contributed by atoms with Crippen LogP contribution in [0.2, 0.25) is 0 Å². The van der Waals surface area contributed by atoms with Crippen molar-refractivity contribution < 1.29 is 4.79 Å². The highest BCUT2D eigenvalue weighted by molar-refractivity contribution is 8.21. The molecule has 0 N–H and O–H groups in total. The minimum atomic E-state index is 0.147. The number of halogens is 1. The molecule has 1 aliphatic rings. The lowest BCUT2D eigenvalue weighted by molar-refractivity contribution is -0.106. The first-order valence-corrected chi connectivity index (χ1v) is 5.17. The standard InChI is InChI=1S/C5H7ClOS2/c6-1-4-3-8-5(2-7)9-4/h2,4-5H,1,3H2. The van der Waals surface area contributed by atoms with Crippen LogP contribution in [0.25, 0.3) is 0 Å². The van der Waals surface area contributed by atoms with E-state index < -0.39 is 0 Å². The highest BCUT2D eigenvalue weighted by atomic mass is 35.5. The molecule has 9 heavy (non-hydrogen) atoms. The first-order chi connectivity index (χ1) is 4.36. The van der Waals surface area contributed by atoms with Crippen molar-refractivity contribution in [3.05, 3.63) is 0 Å². The van der Waals surface area contributed by atoms with E-state index in [1.165, 1.54) is 0 Å². The summed E-state index contributed by atoms with van der Waals surface area (Å²) in [4.78, 5) is 10.2. The summed E-state index contributed by atoms with van der Waals surface area (Å²) in [5, 5.41) is 0.492. The minimum Gasteiger partial charge on any atom is -0.301 e. The highest BCUT2D eigenvalue weighted by Crippen LogP contribution is 2.36. The third-order valence-corrected chi connectivity index (χ3v) is 4.70. The zero-order chi connectivity index (χ0) is 6.69. The molecule has 2 atom stereocenters. The quantitative estimate of drug-likeness (QED) is 0.477. The predicted octanol–water partition coefficient (Wildman–Crippen LogP) is 1.60. The lowest BCUT2D eigenvalue weighted by Gasteiger charge is -1.98. The maximum Gasteiger partial charge on any atom is 0.142 e. The van der Waals surface area contributed by atoms with Crippen molar-refractivity contribution >= 4 is 41.4 Å². The molecular weight excluding hydrogens is 176 g/mol. The Bertz CT molecular complexity index is 109. The summed E-state index contributed by atoms with van der Waals surface area (Å²) in [5.74, 6) is 1.69. The summed E-state index contributed by atoms with van der Waals surface area (Å²) in [6.45, 7) is 0. The first-order valence-electron chi connectivity index (χ1n) is 2.65. The van der Waals surface area contributed by atoms with Gasteiger partial charge < -0.3 is 4.79 Å². The number of carbonyl (C=O) groups is 1. The van der Waals surface area contributed by atoms with Gasteiger partial charge in [0.05, 0.1) is 0 Å². The Kier molecular flexibility index (Phi) is 3.22. The summed E-state index contributed by atoms with van der Waals surface area (Å²) >= 11 is 8.94. The highest BCUT2D eigenvalue weighted by Gasteiger charge is 2.24. The van der Waals surface area contributed by atoms with E-state index in [1.54, 1.807) is 23.5 Å². The zero-order valence-corrected chi connectivity index (χ0v) is 7.14. The average Bonchev–Trinajstić information content (AvgIpc) is 2.34. The van der Waals surface area contributed by atoms with E-state index in [-0.39, 0.29) is 4.58 Å². The van der Waals surface area contributed by atoms with E-state index >= 15 is 0 Å². The number of thioether (sulfide) groups is 2. The van der Waals surface area contributed by atoms with Crippen molar-refractivity contribution in [3.63, 3.8) is 0 Å². The van der Waals surface area contributed by atoms with Gasteiger partial charge >= 0.3 is 0 Å². The second kappa shape index (κ2) is 3.74. The van der Waals surface area contributed by atoms with Crippen molar-refractivity contribution in [2.75, 3.05) is 11.6 Å². The van der Waals surface area contributed by atoms with Crippen LogP contribution >= 0.6 is 35.1 Å². The summed E-state index contributed by atoms with van der Waals surface area (Å²) < 4.78 is 0.147. The number of rotatable bonds is 2. The van der Waals surface area contributed by atoms with Gasteiger partial charge in [-0.3, -0.25) is 0 Å². The van der Waals surface area contributed by atoms with Gasteiger partial charge in [0.2, 0.25) is 0 Å². The molecule has 0 spiro atoms. The lowest BCUT2D eigenvalue weighted by Crippen LogP contribution is -2.01. The molecule has 0 aromatic heterocycles. The fourth-order valence-electron chi connectivity index (χ4n) is 0.623. The second-order valence-electron chi connectivity index (χ2n) is 1.75. The molecule has 1 heterocycles. The maximum absolute atomic E-state index is 10.2. The molecule has 0 saturated carbocycles. The maximum atomic E-state index is 10.2. The van der Waals surface area contributed by atoms with E-state index in [2.05, 4.69) is 0 Å². The molecule has 1 aliphatic heterocycles. The molecule has 1 saturated heterocycles. The van der Waals surface area contributed by atoms with Crippen LogP contribution in [0.5, 0.6) is 0 Å². The fourth-order valence-corrected chi connectivity index (χ4v) is 3.77. The first kappa shape index (κ1) is 7.76. The number of aldehydes is 1. The van der Waals surface area contributed by atoms with Crippen LogP contribution in [0.1, 0.15) is 0 Å². The van der Waals surface area contributed by atoms with Gasteiger partial charge in [0.1, 0.15) is 10.9 Å². The molecule has 0 aromatic rings.